The number of hydrogen-bond acceptors (Lipinski definition) is 4. The van der Waals surface area contributed by atoms with Gasteiger partial charge in [0.25, 0.3) is 0 Å². The van der Waals surface area contributed by atoms with E-state index in [0.29, 0.717) is 36.8 Å². The van der Waals surface area contributed by atoms with Crippen LogP contribution in [0.3, 0.4) is 0 Å². The van der Waals surface area contributed by atoms with Crippen molar-refractivity contribution in [1.29, 1.82) is 0 Å². The second kappa shape index (κ2) is 7.52. The molecule has 1 heterocycles. The fourth-order valence-corrected chi connectivity index (χ4v) is 5.22. The summed E-state index contributed by atoms with van der Waals surface area (Å²) in [6.07, 6.45) is 0. The van der Waals surface area contributed by atoms with Crippen LogP contribution in [0.5, 0.6) is 5.75 Å². The molecule has 0 unspecified atom stereocenters. The van der Waals surface area contributed by atoms with Crippen LogP contribution in [-0.2, 0) is 10.0 Å². The lowest BCUT2D eigenvalue weighted by Crippen LogP contribution is -2.48. The van der Waals surface area contributed by atoms with Crippen LogP contribution in [0.15, 0.2) is 35.2 Å². The summed E-state index contributed by atoms with van der Waals surface area (Å²) in [6.45, 7) is 10.3. The summed E-state index contributed by atoms with van der Waals surface area (Å²) in [4.78, 5) is 2.63. The highest BCUT2D eigenvalue weighted by atomic mass is 32.2. The van der Waals surface area contributed by atoms with Gasteiger partial charge in [0, 0.05) is 31.9 Å². The third kappa shape index (κ3) is 3.69. The van der Waals surface area contributed by atoms with Gasteiger partial charge in [-0.3, -0.25) is 0 Å². The van der Waals surface area contributed by atoms with E-state index in [4.69, 9.17) is 4.74 Å². The van der Waals surface area contributed by atoms with Gasteiger partial charge in [-0.15, -0.1) is 0 Å². The number of anilines is 1. The van der Waals surface area contributed by atoms with Gasteiger partial charge in [0.1, 0.15) is 5.75 Å². The largest absolute Gasteiger partial charge is 0.496 e. The Morgan fingerprint density at radius 1 is 0.852 bits per heavy atom. The minimum absolute atomic E-state index is 0.375. The Bertz CT molecular complexity index is 946. The van der Waals surface area contributed by atoms with Gasteiger partial charge in [0.2, 0.25) is 10.0 Å². The Kier molecular flexibility index (Phi) is 5.49. The molecule has 0 atom stereocenters. The first-order valence-corrected chi connectivity index (χ1v) is 10.7. The molecule has 2 aromatic rings. The van der Waals surface area contributed by atoms with Crippen LogP contribution in [0.4, 0.5) is 5.69 Å². The van der Waals surface area contributed by atoms with Crippen molar-refractivity contribution in [3.8, 4) is 5.75 Å². The molecular formula is C21H28N2O3S. The summed E-state index contributed by atoms with van der Waals surface area (Å²) >= 11 is 0. The molecule has 0 N–H and O–H groups in total. The van der Waals surface area contributed by atoms with Crippen molar-refractivity contribution in [1.82, 2.24) is 4.31 Å². The second-order valence-corrected chi connectivity index (χ2v) is 9.08. The maximum Gasteiger partial charge on any atom is 0.243 e. The molecule has 146 valence electrons. The van der Waals surface area contributed by atoms with Gasteiger partial charge in [-0.05, 0) is 74.2 Å². The molecule has 1 saturated heterocycles. The summed E-state index contributed by atoms with van der Waals surface area (Å²) < 4.78 is 33.2. The lowest BCUT2D eigenvalue weighted by Gasteiger charge is -2.36. The van der Waals surface area contributed by atoms with Gasteiger partial charge in [-0.1, -0.05) is 6.07 Å². The summed E-state index contributed by atoms with van der Waals surface area (Å²) in [6, 6.07) is 9.81. The average Bonchev–Trinajstić information content (AvgIpc) is 2.66. The standard InChI is InChI=1S/C21H28N2O3S/c1-15-6-7-19(14-16(15)2)22-10-12-23(13-11-22)27(24,25)21-9-8-20(26-5)17(3)18(21)4/h6-9,14H,10-13H2,1-5H3. The molecule has 2 aromatic carbocycles. The average molecular weight is 389 g/mol. The normalized spacial score (nSPS) is 15.8. The maximum atomic E-state index is 13.2. The van der Waals surface area contributed by atoms with Gasteiger partial charge >= 0.3 is 0 Å². The molecule has 0 bridgehead atoms. The molecule has 27 heavy (non-hydrogen) atoms. The van der Waals surface area contributed by atoms with Crippen molar-refractivity contribution < 1.29 is 13.2 Å². The minimum atomic E-state index is -3.51. The van der Waals surface area contributed by atoms with E-state index in [1.807, 2.05) is 13.8 Å². The lowest BCUT2D eigenvalue weighted by atomic mass is 10.1. The third-order valence-electron chi connectivity index (χ3n) is 5.62. The number of nitrogens with zero attached hydrogens (tertiary/aromatic N) is 2. The van der Waals surface area contributed by atoms with Crippen molar-refractivity contribution in [2.75, 3.05) is 38.2 Å². The summed E-state index contributed by atoms with van der Waals surface area (Å²) in [5.41, 5.74) is 5.31. The van der Waals surface area contributed by atoms with Crippen molar-refractivity contribution in [2.45, 2.75) is 32.6 Å². The number of piperazine rings is 1. The van der Waals surface area contributed by atoms with E-state index in [1.54, 1.807) is 23.5 Å². The molecule has 0 spiro atoms. The second-order valence-electron chi connectivity index (χ2n) is 7.18. The van der Waals surface area contributed by atoms with E-state index in [2.05, 4.69) is 36.9 Å². The lowest BCUT2D eigenvalue weighted by molar-refractivity contribution is 0.384. The van der Waals surface area contributed by atoms with Crippen molar-refractivity contribution >= 4 is 15.7 Å². The molecule has 3 rings (SSSR count). The zero-order chi connectivity index (χ0) is 19.8. The predicted molar refractivity (Wildman–Crippen MR) is 109 cm³/mol. The minimum Gasteiger partial charge on any atom is -0.496 e. The van der Waals surface area contributed by atoms with Crippen LogP contribution in [0.1, 0.15) is 22.3 Å². The summed E-state index contributed by atoms with van der Waals surface area (Å²) in [5, 5.41) is 0. The van der Waals surface area contributed by atoms with Gasteiger partial charge in [-0.2, -0.15) is 4.31 Å². The predicted octanol–water partition coefficient (Wildman–Crippen LogP) is 3.44. The molecule has 1 fully saturated rings. The first-order valence-electron chi connectivity index (χ1n) is 9.22. The van der Waals surface area contributed by atoms with Gasteiger partial charge in [-0.25, -0.2) is 8.42 Å². The third-order valence-corrected chi connectivity index (χ3v) is 7.66. The van der Waals surface area contributed by atoms with Crippen molar-refractivity contribution in [3.63, 3.8) is 0 Å². The zero-order valence-corrected chi connectivity index (χ0v) is 17.6. The Labute approximate surface area is 162 Å². The van der Waals surface area contributed by atoms with E-state index in [-0.39, 0.29) is 0 Å². The Morgan fingerprint density at radius 3 is 2.11 bits per heavy atom. The smallest absolute Gasteiger partial charge is 0.243 e. The van der Waals surface area contributed by atoms with E-state index in [9.17, 15) is 8.42 Å². The number of methoxy groups -OCH3 is 1. The molecule has 1 aliphatic rings. The SMILES string of the molecule is COc1ccc(S(=O)(=O)N2CCN(c3ccc(C)c(C)c3)CC2)c(C)c1C. The molecule has 1 aliphatic heterocycles. The molecular weight excluding hydrogens is 360 g/mol. The highest BCUT2D eigenvalue weighted by Gasteiger charge is 2.30. The number of hydrogen-bond donors (Lipinski definition) is 0. The maximum absolute atomic E-state index is 13.2. The van der Waals surface area contributed by atoms with Gasteiger partial charge < -0.3 is 9.64 Å². The molecule has 6 heteroatoms. The molecule has 0 aliphatic carbocycles. The van der Waals surface area contributed by atoms with Crippen LogP contribution in [0, 0.1) is 27.7 Å². The van der Waals surface area contributed by atoms with E-state index >= 15 is 0 Å². The number of aryl methyl sites for hydroxylation is 2. The van der Waals surface area contributed by atoms with Gasteiger partial charge in [0.15, 0.2) is 0 Å². The number of sulfonamides is 1. The topological polar surface area (TPSA) is 49.9 Å². The molecule has 0 amide bonds. The van der Waals surface area contributed by atoms with Crippen LogP contribution < -0.4 is 9.64 Å². The van der Waals surface area contributed by atoms with Crippen molar-refractivity contribution in [3.05, 3.63) is 52.6 Å². The first kappa shape index (κ1) is 19.7. The number of benzene rings is 2. The Hall–Kier alpha value is -2.05. The fourth-order valence-electron chi connectivity index (χ4n) is 3.52. The Balaban J connectivity index is 1.79. The van der Waals surface area contributed by atoms with Crippen molar-refractivity contribution in [2.24, 2.45) is 0 Å². The number of rotatable bonds is 4. The van der Waals surface area contributed by atoms with E-state index in [1.165, 1.54) is 11.1 Å². The molecule has 0 saturated carbocycles. The van der Waals surface area contributed by atoms with Crippen LogP contribution in [-0.4, -0.2) is 46.0 Å². The van der Waals surface area contributed by atoms with Gasteiger partial charge in [0.05, 0.1) is 12.0 Å². The molecule has 5 nitrogen and oxygen atoms in total. The van der Waals surface area contributed by atoms with Crippen LogP contribution in [0.25, 0.3) is 0 Å². The molecule has 0 radical (unpaired) electrons. The monoisotopic (exact) mass is 388 g/mol. The fraction of sp³-hybridized carbons (Fsp3) is 0.429. The first-order chi connectivity index (χ1) is 12.8. The molecule has 0 aromatic heterocycles. The highest BCUT2D eigenvalue weighted by molar-refractivity contribution is 7.89. The summed E-state index contributed by atoms with van der Waals surface area (Å²) in [7, 11) is -1.91. The summed E-state index contributed by atoms with van der Waals surface area (Å²) in [5.74, 6) is 0.714. The van der Waals surface area contributed by atoms with Crippen LogP contribution in [0.2, 0.25) is 0 Å². The van der Waals surface area contributed by atoms with Crippen LogP contribution >= 0.6 is 0 Å². The van der Waals surface area contributed by atoms with E-state index < -0.39 is 10.0 Å². The highest BCUT2D eigenvalue weighted by Crippen LogP contribution is 2.30. The Morgan fingerprint density at radius 2 is 1.52 bits per heavy atom. The quantitative estimate of drug-likeness (QED) is 0.805. The zero-order valence-electron chi connectivity index (χ0n) is 16.7. The van der Waals surface area contributed by atoms with E-state index in [0.717, 1.165) is 16.8 Å². The number of ether oxygens (including phenoxy) is 1.